The molecule has 11 heteroatoms. The lowest BCUT2D eigenvalue weighted by molar-refractivity contribution is -0.162. The summed E-state index contributed by atoms with van der Waals surface area (Å²) in [5, 5.41) is 15.7. The first-order valence-electron chi connectivity index (χ1n) is 13.0. The van der Waals surface area contributed by atoms with E-state index < -0.39 is 47.3 Å². The molecule has 37 heavy (non-hydrogen) atoms. The smallest absolute Gasteiger partial charge is 0.323 e. The van der Waals surface area contributed by atoms with Crippen molar-refractivity contribution in [2.24, 2.45) is 17.1 Å². The Balaban J connectivity index is 1.57. The predicted octanol–water partition coefficient (Wildman–Crippen LogP) is 2.09. The van der Waals surface area contributed by atoms with Gasteiger partial charge in [-0.15, -0.1) is 0 Å². The molecule has 2 fully saturated rings. The molecule has 3 heterocycles. The number of carbonyl (C=O) groups is 2. The van der Waals surface area contributed by atoms with E-state index in [4.69, 9.17) is 25.7 Å². The van der Waals surface area contributed by atoms with Crippen LogP contribution in [-0.2, 0) is 29.4 Å². The molecule has 11 nitrogen and oxygen atoms in total. The number of fused-ring (bicyclic) bond motifs is 1. The molecule has 0 amide bonds. The van der Waals surface area contributed by atoms with Gasteiger partial charge in [-0.2, -0.15) is 5.10 Å². The van der Waals surface area contributed by atoms with Crippen LogP contribution in [0.2, 0.25) is 0 Å². The van der Waals surface area contributed by atoms with Crippen molar-refractivity contribution in [1.29, 1.82) is 0 Å². The van der Waals surface area contributed by atoms with Crippen LogP contribution >= 0.6 is 0 Å². The normalized spacial score (nSPS) is 27.8. The Kier molecular flexibility index (Phi) is 7.77. The number of aliphatic hydroxyl groups is 1. The van der Waals surface area contributed by atoms with E-state index in [2.05, 4.69) is 10.1 Å². The molecule has 2 aliphatic rings. The maximum absolute atomic E-state index is 12.9. The zero-order valence-corrected chi connectivity index (χ0v) is 22.1. The summed E-state index contributed by atoms with van der Waals surface area (Å²) in [4.78, 5) is 29.5. The first-order chi connectivity index (χ1) is 17.4. The van der Waals surface area contributed by atoms with Crippen molar-refractivity contribution in [3.63, 3.8) is 0 Å². The minimum atomic E-state index is -1.34. The fourth-order valence-corrected chi connectivity index (χ4v) is 5.21. The molecule has 4 rings (SSSR count). The number of aliphatic hydroxyl groups excluding tert-OH is 1. The number of hydrogen-bond acceptors (Lipinski definition) is 10. The average Bonchev–Trinajstić information content (AvgIpc) is 3.39. The maximum Gasteiger partial charge on any atom is 0.323 e. The number of nitrogen functional groups attached to an aromatic ring is 1. The Labute approximate surface area is 216 Å². The van der Waals surface area contributed by atoms with E-state index >= 15 is 0 Å². The van der Waals surface area contributed by atoms with Gasteiger partial charge in [0.15, 0.2) is 11.9 Å². The Morgan fingerprint density at radius 3 is 2.65 bits per heavy atom. The van der Waals surface area contributed by atoms with E-state index in [0.717, 1.165) is 25.7 Å². The maximum atomic E-state index is 12.9. The lowest BCUT2D eigenvalue weighted by Crippen LogP contribution is -2.45. The average molecular weight is 518 g/mol. The second-order valence-electron chi connectivity index (χ2n) is 11.5. The highest BCUT2D eigenvalue weighted by atomic mass is 16.6. The van der Waals surface area contributed by atoms with E-state index in [1.165, 1.54) is 17.3 Å². The molecule has 0 spiro atoms. The van der Waals surface area contributed by atoms with Gasteiger partial charge in [0, 0.05) is 6.42 Å². The van der Waals surface area contributed by atoms with Crippen LogP contribution in [0, 0.1) is 11.3 Å². The topological polar surface area (TPSA) is 164 Å². The molecule has 1 saturated heterocycles. The fourth-order valence-electron chi connectivity index (χ4n) is 5.21. The zero-order chi connectivity index (χ0) is 27.0. The molecule has 0 bridgehead atoms. The Morgan fingerprint density at radius 1 is 1.27 bits per heavy atom. The van der Waals surface area contributed by atoms with Crippen molar-refractivity contribution in [2.45, 2.75) is 96.2 Å². The van der Waals surface area contributed by atoms with Gasteiger partial charge >= 0.3 is 11.9 Å². The summed E-state index contributed by atoms with van der Waals surface area (Å²) in [6, 6.07) is 2.60. The SMILES string of the molecule is CC(C)(C)[C@H](N)C(=O)OC[C@H]1O[C@@](C)(c2ccc3c(N)ncnn23)[C@H](O)[C@@H]1OC(=O)CC1CCCCC1. The molecule has 2 aromatic heterocycles. The number of ether oxygens (including phenoxy) is 3. The molecule has 5 atom stereocenters. The van der Waals surface area contributed by atoms with Crippen molar-refractivity contribution in [1.82, 2.24) is 14.6 Å². The number of aromatic nitrogens is 3. The Morgan fingerprint density at radius 2 is 1.97 bits per heavy atom. The third-order valence-electron chi connectivity index (χ3n) is 7.65. The van der Waals surface area contributed by atoms with E-state index in [1.807, 2.05) is 20.8 Å². The summed E-state index contributed by atoms with van der Waals surface area (Å²) in [5.41, 5.74) is 11.2. The molecule has 5 N–H and O–H groups in total. The highest BCUT2D eigenvalue weighted by Gasteiger charge is 2.56. The zero-order valence-electron chi connectivity index (χ0n) is 22.1. The summed E-state index contributed by atoms with van der Waals surface area (Å²) >= 11 is 0. The Bertz CT molecular complexity index is 1120. The van der Waals surface area contributed by atoms with Crippen LogP contribution in [0.1, 0.15) is 71.9 Å². The van der Waals surface area contributed by atoms with Crippen LogP contribution < -0.4 is 11.5 Å². The summed E-state index contributed by atoms with van der Waals surface area (Å²) in [5.74, 6) is -0.463. The molecular weight excluding hydrogens is 478 g/mol. The molecule has 1 saturated carbocycles. The fraction of sp³-hybridized carbons (Fsp3) is 0.692. The van der Waals surface area contributed by atoms with Crippen molar-refractivity contribution in [3.8, 4) is 0 Å². The van der Waals surface area contributed by atoms with Crippen LogP contribution in [0.25, 0.3) is 5.52 Å². The second kappa shape index (κ2) is 10.5. The molecule has 0 unspecified atom stereocenters. The number of hydrogen-bond donors (Lipinski definition) is 3. The molecule has 204 valence electrons. The Hall–Kier alpha value is -2.76. The first kappa shape index (κ1) is 27.3. The number of nitrogens with zero attached hydrogens (tertiary/aromatic N) is 3. The number of rotatable bonds is 7. The largest absolute Gasteiger partial charge is 0.462 e. The molecule has 0 aromatic carbocycles. The molecule has 2 aromatic rings. The van der Waals surface area contributed by atoms with Crippen LogP contribution in [0.4, 0.5) is 5.82 Å². The summed E-state index contributed by atoms with van der Waals surface area (Å²) in [7, 11) is 0. The minimum Gasteiger partial charge on any atom is -0.462 e. The summed E-state index contributed by atoms with van der Waals surface area (Å²) < 4.78 is 19.2. The standard InChI is InChI=1S/C26H39N5O6/c1-25(2,3)21(27)24(34)35-13-17-20(36-19(32)12-15-8-6-5-7-9-15)22(33)26(4,37-17)18-11-10-16-23(28)29-14-30-31(16)18/h10-11,14-15,17,20-22,33H,5-9,12-13,27H2,1-4H3,(H2,28,29,30)/t17-,20-,21-,22-,26+/m1/s1. The second-order valence-corrected chi connectivity index (χ2v) is 11.5. The van der Waals surface area contributed by atoms with E-state index in [9.17, 15) is 14.7 Å². The number of esters is 2. The summed E-state index contributed by atoms with van der Waals surface area (Å²) in [6.45, 7) is 6.96. The third-order valence-corrected chi connectivity index (χ3v) is 7.65. The quantitative estimate of drug-likeness (QED) is 0.463. The monoisotopic (exact) mass is 517 g/mol. The van der Waals surface area contributed by atoms with Gasteiger partial charge < -0.3 is 30.8 Å². The van der Waals surface area contributed by atoms with Crippen molar-refractivity contribution in [3.05, 3.63) is 24.2 Å². The lowest BCUT2D eigenvalue weighted by Gasteiger charge is -2.28. The van der Waals surface area contributed by atoms with Gasteiger partial charge in [0.25, 0.3) is 0 Å². The number of carbonyl (C=O) groups excluding carboxylic acids is 2. The predicted molar refractivity (Wildman–Crippen MR) is 135 cm³/mol. The molecular formula is C26H39N5O6. The van der Waals surface area contributed by atoms with Crippen LogP contribution in [0.15, 0.2) is 18.5 Å². The third kappa shape index (κ3) is 5.58. The number of nitrogens with two attached hydrogens (primary N) is 2. The first-order valence-corrected chi connectivity index (χ1v) is 13.0. The highest BCUT2D eigenvalue weighted by Crippen LogP contribution is 2.42. The lowest BCUT2D eigenvalue weighted by atomic mass is 9.87. The van der Waals surface area contributed by atoms with Gasteiger partial charge in [0.2, 0.25) is 0 Å². The molecule has 1 aliphatic carbocycles. The minimum absolute atomic E-state index is 0.239. The van der Waals surface area contributed by atoms with Gasteiger partial charge in [-0.3, -0.25) is 9.59 Å². The molecule has 1 aliphatic heterocycles. The highest BCUT2D eigenvalue weighted by molar-refractivity contribution is 5.76. The van der Waals surface area contributed by atoms with Crippen molar-refractivity contribution < 1.29 is 28.9 Å². The van der Waals surface area contributed by atoms with Gasteiger partial charge in [-0.1, -0.05) is 40.0 Å². The van der Waals surface area contributed by atoms with Crippen LogP contribution in [0.5, 0.6) is 0 Å². The van der Waals surface area contributed by atoms with Crippen LogP contribution in [0.3, 0.4) is 0 Å². The number of anilines is 1. The van der Waals surface area contributed by atoms with Crippen molar-refractivity contribution >= 4 is 23.3 Å². The van der Waals surface area contributed by atoms with Gasteiger partial charge in [-0.05, 0) is 43.2 Å². The van der Waals surface area contributed by atoms with Gasteiger partial charge in [0.05, 0.1) is 5.69 Å². The summed E-state index contributed by atoms with van der Waals surface area (Å²) in [6.07, 6.45) is 3.69. The van der Waals surface area contributed by atoms with E-state index in [0.29, 0.717) is 11.2 Å². The van der Waals surface area contributed by atoms with E-state index in [1.54, 1.807) is 19.1 Å². The van der Waals surface area contributed by atoms with Gasteiger partial charge in [-0.25, -0.2) is 9.50 Å². The van der Waals surface area contributed by atoms with E-state index in [-0.39, 0.29) is 24.8 Å². The van der Waals surface area contributed by atoms with Crippen LogP contribution in [-0.4, -0.2) is 62.6 Å². The van der Waals surface area contributed by atoms with Gasteiger partial charge in [0.1, 0.15) is 42.3 Å². The molecule has 0 radical (unpaired) electrons. The van der Waals surface area contributed by atoms with Crippen molar-refractivity contribution in [2.75, 3.05) is 12.3 Å².